The number of hydrogen-bond acceptors (Lipinski definition) is 5. The van der Waals surface area contributed by atoms with Crippen LogP contribution in [-0.2, 0) is 11.3 Å². The summed E-state index contributed by atoms with van der Waals surface area (Å²) in [6.45, 7) is 4.56. The Morgan fingerprint density at radius 2 is 1.97 bits per heavy atom. The molecule has 1 atom stereocenters. The van der Waals surface area contributed by atoms with E-state index in [2.05, 4.69) is 31.4 Å². The summed E-state index contributed by atoms with van der Waals surface area (Å²) in [5.41, 5.74) is 0.748. The lowest BCUT2D eigenvalue weighted by Gasteiger charge is -2.16. The van der Waals surface area contributed by atoms with Gasteiger partial charge in [0.05, 0.1) is 10.8 Å². The highest BCUT2D eigenvalue weighted by Crippen LogP contribution is 2.29. The van der Waals surface area contributed by atoms with Crippen LogP contribution in [0.2, 0.25) is 5.02 Å². The molecule has 9 heteroatoms. The number of para-hydroxylation sites is 1. The summed E-state index contributed by atoms with van der Waals surface area (Å²) in [5.74, 6) is 1.40. The summed E-state index contributed by atoms with van der Waals surface area (Å²) >= 11 is 10.9. The molecule has 0 saturated heterocycles. The molecule has 0 bridgehead atoms. The zero-order valence-electron chi connectivity index (χ0n) is 15.9. The minimum atomic E-state index is -0.340. The standard InChI is InChI=1S/C20H20BrClN4O2S/c1-3-26-19(13(2)28-17-7-5-4-6-16(17)22)24-25-20(26)29-12-18(27)23-15-10-8-14(21)9-11-15/h4-11,13H,3,12H2,1-2H3,(H,23,27)/t13-/m0/s1. The number of amides is 1. The Bertz CT molecular complexity index is 981. The van der Waals surface area contributed by atoms with Gasteiger partial charge < -0.3 is 14.6 Å². The van der Waals surface area contributed by atoms with Gasteiger partial charge in [0, 0.05) is 16.7 Å². The van der Waals surface area contributed by atoms with Crippen LogP contribution in [0.1, 0.15) is 25.8 Å². The fourth-order valence-electron chi connectivity index (χ4n) is 2.65. The maximum Gasteiger partial charge on any atom is 0.234 e. The van der Waals surface area contributed by atoms with Crippen molar-refractivity contribution in [1.29, 1.82) is 0 Å². The first-order valence-corrected chi connectivity index (χ1v) is 11.2. The smallest absolute Gasteiger partial charge is 0.234 e. The van der Waals surface area contributed by atoms with Gasteiger partial charge >= 0.3 is 0 Å². The first kappa shape index (κ1) is 21.7. The lowest BCUT2D eigenvalue weighted by molar-refractivity contribution is -0.113. The average molecular weight is 496 g/mol. The molecule has 1 amide bonds. The number of carbonyl (C=O) groups excluding carboxylic acids is 1. The molecule has 6 nitrogen and oxygen atoms in total. The van der Waals surface area contributed by atoms with Crippen molar-refractivity contribution in [3.8, 4) is 5.75 Å². The molecule has 1 heterocycles. The van der Waals surface area contributed by atoms with Crippen molar-refractivity contribution < 1.29 is 9.53 Å². The third-order valence-corrected chi connectivity index (χ3v) is 5.83. The number of thioether (sulfide) groups is 1. The molecular weight excluding hydrogens is 476 g/mol. The van der Waals surface area contributed by atoms with Crippen LogP contribution < -0.4 is 10.1 Å². The highest BCUT2D eigenvalue weighted by atomic mass is 79.9. The summed E-state index contributed by atoms with van der Waals surface area (Å²) in [6, 6.07) is 14.7. The van der Waals surface area contributed by atoms with Crippen molar-refractivity contribution in [2.75, 3.05) is 11.1 Å². The van der Waals surface area contributed by atoms with E-state index in [1.807, 2.05) is 60.9 Å². The molecule has 0 unspecified atom stereocenters. The Morgan fingerprint density at radius 1 is 1.24 bits per heavy atom. The number of nitrogens with zero attached hydrogens (tertiary/aromatic N) is 3. The quantitative estimate of drug-likeness (QED) is 0.413. The predicted octanol–water partition coefficient (Wildman–Crippen LogP) is 5.58. The molecule has 0 aliphatic rings. The van der Waals surface area contributed by atoms with Crippen molar-refractivity contribution in [3.05, 3.63) is 63.9 Å². The molecule has 0 spiro atoms. The first-order valence-electron chi connectivity index (χ1n) is 9.00. The molecule has 0 saturated carbocycles. The zero-order valence-corrected chi connectivity index (χ0v) is 19.1. The number of rotatable bonds is 8. The molecule has 152 valence electrons. The number of benzene rings is 2. The van der Waals surface area contributed by atoms with Crippen molar-refractivity contribution in [3.63, 3.8) is 0 Å². The van der Waals surface area contributed by atoms with E-state index >= 15 is 0 Å². The van der Waals surface area contributed by atoms with Gasteiger partial charge in [0.15, 0.2) is 17.1 Å². The Labute approximate surface area is 187 Å². The van der Waals surface area contributed by atoms with Gasteiger partial charge in [-0.25, -0.2) is 0 Å². The van der Waals surface area contributed by atoms with Crippen LogP contribution in [0.4, 0.5) is 5.69 Å². The summed E-state index contributed by atoms with van der Waals surface area (Å²) in [6.07, 6.45) is -0.340. The van der Waals surface area contributed by atoms with Crippen molar-refractivity contribution >= 4 is 50.9 Å². The molecular formula is C20H20BrClN4O2S. The molecule has 0 aliphatic carbocycles. The number of ether oxygens (including phenoxy) is 1. The van der Waals surface area contributed by atoms with Gasteiger partial charge in [0.1, 0.15) is 5.75 Å². The van der Waals surface area contributed by atoms with E-state index in [0.29, 0.717) is 28.3 Å². The van der Waals surface area contributed by atoms with Crippen LogP contribution in [0.3, 0.4) is 0 Å². The number of aromatic nitrogens is 3. The second-order valence-corrected chi connectivity index (χ2v) is 8.38. The monoisotopic (exact) mass is 494 g/mol. The summed E-state index contributed by atoms with van der Waals surface area (Å²) in [5, 5.41) is 12.6. The third-order valence-electron chi connectivity index (χ3n) is 4.03. The number of hydrogen-bond donors (Lipinski definition) is 1. The van der Waals surface area contributed by atoms with Crippen molar-refractivity contribution in [2.24, 2.45) is 0 Å². The molecule has 0 fully saturated rings. The van der Waals surface area contributed by atoms with Gasteiger partial charge in [-0.15, -0.1) is 10.2 Å². The van der Waals surface area contributed by atoms with E-state index in [1.54, 1.807) is 6.07 Å². The van der Waals surface area contributed by atoms with Crippen molar-refractivity contribution in [2.45, 2.75) is 31.7 Å². The molecule has 3 aromatic rings. The van der Waals surface area contributed by atoms with Crippen LogP contribution in [0, 0.1) is 0 Å². The molecule has 29 heavy (non-hydrogen) atoms. The summed E-state index contributed by atoms with van der Waals surface area (Å²) in [4.78, 5) is 12.2. The van der Waals surface area contributed by atoms with Gasteiger partial charge in [0.2, 0.25) is 5.91 Å². The molecule has 0 aliphatic heterocycles. The molecule has 1 aromatic heterocycles. The van der Waals surface area contributed by atoms with E-state index in [1.165, 1.54) is 11.8 Å². The zero-order chi connectivity index (χ0) is 20.8. The average Bonchev–Trinajstić information content (AvgIpc) is 3.13. The predicted molar refractivity (Wildman–Crippen MR) is 120 cm³/mol. The van der Waals surface area contributed by atoms with Crippen LogP contribution in [0.5, 0.6) is 5.75 Å². The van der Waals surface area contributed by atoms with E-state index in [4.69, 9.17) is 16.3 Å². The molecule has 2 aromatic carbocycles. The summed E-state index contributed by atoms with van der Waals surface area (Å²) < 4.78 is 8.86. The maximum absolute atomic E-state index is 12.2. The highest BCUT2D eigenvalue weighted by Gasteiger charge is 2.20. The highest BCUT2D eigenvalue weighted by molar-refractivity contribution is 9.10. The van der Waals surface area contributed by atoms with Crippen LogP contribution >= 0.6 is 39.3 Å². The van der Waals surface area contributed by atoms with Crippen LogP contribution in [-0.4, -0.2) is 26.4 Å². The van der Waals surface area contributed by atoms with E-state index in [0.717, 1.165) is 10.2 Å². The minimum absolute atomic E-state index is 0.107. The minimum Gasteiger partial charge on any atom is -0.481 e. The summed E-state index contributed by atoms with van der Waals surface area (Å²) in [7, 11) is 0. The normalized spacial score (nSPS) is 11.9. The largest absolute Gasteiger partial charge is 0.481 e. The fourth-order valence-corrected chi connectivity index (χ4v) is 3.90. The van der Waals surface area contributed by atoms with Gasteiger partial charge in [-0.05, 0) is 50.2 Å². The van der Waals surface area contributed by atoms with E-state index in [-0.39, 0.29) is 17.8 Å². The Kier molecular flexibility index (Phi) is 7.57. The van der Waals surface area contributed by atoms with Crippen LogP contribution in [0.25, 0.3) is 0 Å². The SMILES string of the molecule is CCn1c(SCC(=O)Nc2ccc(Br)cc2)nnc1[C@H](C)Oc1ccccc1Cl. The first-order chi connectivity index (χ1) is 14.0. The Morgan fingerprint density at radius 3 is 2.66 bits per heavy atom. The molecule has 0 radical (unpaired) electrons. The number of carbonyl (C=O) groups is 1. The number of nitrogens with one attached hydrogen (secondary N) is 1. The van der Waals surface area contributed by atoms with Gasteiger partial charge in [-0.2, -0.15) is 0 Å². The lowest BCUT2D eigenvalue weighted by atomic mass is 10.3. The maximum atomic E-state index is 12.2. The number of halogens is 2. The van der Waals surface area contributed by atoms with E-state index < -0.39 is 0 Å². The van der Waals surface area contributed by atoms with Gasteiger partial charge in [-0.1, -0.05) is 51.4 Å². The van der Waals surface area contributed by atoms with Gasteiger partial charge in [0.25, 0.3) is 0 Å². The third kappa shape index (κ3) is 5.74. The molecule has 3 rings (SSSR count). The van der Waals surface area contributed by atoms with E-state index in [9.17, 15) is 4.79 Å². The Balaban J connectivity index is 1.63. The van der Waals surface area contributed by atoms with Crippen LogP contribution in [0.15, 0.2) is 58.2 Å². The van der Waals surface area contributed by atoms with Gasteiger partial charge in [-0.3, -0.25) is 4.79 Å². The second kappa shape index (κ2) is 10.1. The Hall–Kier alpha value is -2.03. The van der Waals surface area contributed by atoms with Crippen molar-refractivity contribution in [1.82, 2.24) is 14.8 Å². The second-order valence-electron chi connectivity index (χ2n) is 6.12. The fraction of sp³-hybridized carbons (Fsp3) is 0.250. The lowest BCUT2D eigenvalue weighted by Crippen LogP contribution is -2.15. The molecule has 1 N–H and O–H groups in total. The topological polar surface area (TPSA) is 69.0 Å². The number of anilines is 1.